The summed E-state index contributed by atoms with van der Waals surface area (Å²) in [5, 5.41) is 9.77. The summed E-state index contributed by atoms with van der Waals surface area (Å²) in [6, 6.07) is 9.62. The smallest absolute Gasteiger partial charge is 0.227 e. The fourth-order valence-corrected chi connectivity index (χ4v) is 2.67. The van der Waals surface area contributed by atoms with Gasteiger partial charge in [0.2, 0.25) is 5.91 Å². The number of carbonyl (C=O) groups is 1. The number of ether oxygens (including phenoxy) is 1. The summed E-state index contributed by atoms with van der Waals surface area (Å²) in [7, 11) is 1.69. The maximum atomic E-state index is 12.1. The van der Waals surface area contributed by atoms with E-state index >= 15 is 0 Å². The lowest BCUT2D eigenvalue weighted by atomic mass is 9.77. The van der Waals surface area contributed by atoms with Crippen molar-refractivity contribution >= 4 is 11.6 Å². The van der Waals surface area contributed by atoms with E-state index in [2.05, 4.69) is 15.5 Å². The number of aromatic nitrogens is 2. The van der Waals surface area contributed by atoms with Gasteiger partial charge in [-0.3, -0.25) is 9.89 Å². The third kappa shape index (κ3) is 2.97. The summed E-state index contributed by atoms with van der Waals surface area (Å²) in [4.78, 5) is 12.1. The van der Waals surface area contributed by atoms with Gasteiger partial charge >= 0.3 is 0 Å². The lowest BCUT2D eigenvalue weighted by molar-refractivity contribution is -0.129. The Bertz CT molecular complexity index is 595. The molecule has 1 aromatic carbocycles. The van der Waals surface area contributed by atoms with Crippen molar-refractivity contribution in [1.29, 1.82) is 0 Å². The molecule has 1 saturated carbocycles. The van der Waals surface area contributed by atoms with E-state index in [1.807, 2.05) is 30.3 Å². The first-order chi connectivity index (χ1) is 10.2. The minimum Gasteiger partial charge on any atom is -0.378 e. The average Bonchev–Trinajstić information content (AvgIpc) is 2.98. The van der Waals surface area contributed by atoms with Gasteiger partial charge in [0.05, 0.1) is 17.7 Å². The van der Waals surface area contributed by atoms with Crippen LogP contribution >= 0.6 is 0 Å². The Labute approximate surface area is 123 Å². The van der Waals surface area contributed by atoms with Gasteiger partial charge in [-0.2, -0.15) is 5.10 Å². The van der Waals surface area contributed by atoms with Crippen molar-refractivity contribution in [2.24, 2.45) is 0 Å². The molecule has 0 spiro atoms. The van der Waals surface area contributed by atoms with Gasteiger partial charge in [-0.15, -0.1) is 0 Å². The van der Waals surface area contributed by atoms with Crippen molar-refractivity contribution in [2.45, 2.75) is 31.3 Å². The van der Waals surface area contributed by atoms with Crippen molar-refractivity contribution in [3.8, 4) is 11.3 Å². The van der Waals surface area contributed by atoms with E-state index in [-0.39, 0.29) is 11.5 Å². The molecule has 2 N–H and O–H groups in total. The van der Waals surface area contributed by atoms with Gasteiger partial charge in [0.25, 0.3) is 0 Å². The SMILES string of the molecule is COC1(CC(=O)Nc2ccc(-c3ccn[nH]3)cc2)CCC1. The number of nitrogens with zero attached hydrogens (tertiary/aromatic N) is 1. The molecule has 1 heterocycles. The maximum Gasteiger partial charge on any atom is 0.227 e. The van der Waals surface area contributed by atoms with E-state index in [9.17, 15) is 4.79 Å². The summed E-state index contributed by atoms with van der Waals surface area (Å²) < 4.78 is 5.48. The van der Waals surface area contributed by atoms with Gasteiger partial charge in [-0.05, 0) is 43.0 Å². The number of benzene rings is 1. The number of aromatic amines is 1. The molecule has 3 rings (SSSR count). The van der Waals surface area contributed by atoms with E-state index in [4.69, 9.17) is 4.74 Å². The molecule has 1 fully saturated rings. The lowest BCUT2D eigenvalue weighted by Gasteiger charge is -2.39. The lowest BCUT2D eigenvalue weighted by Crippen LogP contribution is -2.42. The number of H-pyrrole nitrogens is 1. The molecule has 1 aliphatic carbocycles. The first-order valence-electron chi connectivity index (χ1n) is 7.16. The second-order valence-electron chi connectivity index (χ2n) is 5.51. The van der Waals surface area contributed by atoms with Crippen molar-refractivity contribution in [1.82, 2.24) is 10.2 Å². The molecule has 21 heavy (non-hydrogen) atoms. The van der Waals surface area contributed by atoms with Gasteiger partial charge in [0, 0.05) is 19.0 Å². The Balaban J connectivity index is 1.61. The number of carbonyl (C=O) groups excluding carboxylic acids is 1. The van der Waals surface area contributed by atoms with Crippen LogP contribution in [0.5, 0.6) is 0 Å². The molecule has 5 heteroatoms. The van der Waals surface area contributed by atoms with Crippen molar-refractivity contribution in [3.63, 3.8) is 0 Å². The molecule has 110 valence electrons. The highest BCUT2D eigenvalue weighted by atomic mass is 16.5. The van der Waals surface area contributed by atoms with Gasteiger partial charge in [-0.25, -0.2) is 0 Å². The van der Waals surface area contributed by atoms with Crippen LogP contribution in [0.1, 0.15) is 25.7 Å². The van der Waals surface area contributed by atoms with Crippen molar-refractivity contribution in [3.05, 3.63) is 36.5 Å². The maximum absolute atomic E-state index is 12.1. The predicted molar refractivity (Wildman–Crippen MR) is 80.9 cm³/mol. The summed E-state index contributed by atoms with van der Waals surface area (Å²) in [5.41, 5.74) is 2.56. The molecule has 1 aliphatic rings. The molecule has 0 radical (unpaired) electrons. The van der Waals surface area contributed by atoms with Crippen LogP contribution in [0.25, 0.3) is 11.3 Å². The molecule has 1 aromatic heterocycles. The monoisotopic (exact) mass is 285 g/mol. The van der Waals surface area contributed by atoms with Gasteiger partial charge in [0.15, 0.2) is 0 Å². The van der Waals surface area contributed by atoms with E-state index in [1.54, 1.807) is 13.3 Å². The van der Waals surface area contributed by atoms with Crippen LogP contribution in [-0.2, 0) is 9.53 Å². The zero-order valence-corrected chi connectivity index (χ0v) is 12.1. The Morgan fingerprint density at radius 2 is 2.10 bits per heavy atom. The number of hydrogen-bond acceptors (Lipinski definition) is 3. The van der Waals surface area contributed by atoms with Crippen LogP contribution in [0.3, 0.4) is 0 Å². The van der Waals surface area contributed by atoms with E-state index < -0.39 is 0 Å². The summed E-state index contributed by atoms with van der Waals surface area (Å²) in [6.07, 6.45) is 5.21. The number of amides is 1. The van der Waals surface area contributed by atoms with Crippen molar-refractivity contribution < 1.29 is 9.53 Å². The first kappa shape index (κ1) is 13.8. The largest absolute Gasteiger partial charge is 0.378 e. The summed E-state index contributed by atoms with van der Waals surface area (Å²) in [5.74, 6) is 0.00541. The van der Waals surface area contributed by atoms with E-state index in [1.165, 1.54) is 0 Å². The summed E-state index contributed by atoms with van der Waals surface area (Å²) >= 11 is 0. The minimum atomic E-state index is -0.236. The quantitative estimate of drug-likeness (QED) is 0.887. The zero-order valence-electron chi connectivity index (χ0n) is 12.1. The fraction of sp³-hybridized carbons (Fsp3) is 0.375. The highest BCUT2D eigenvalue weighted by Crippen LogP contribution is 2.38. The normalized spacial score (nSPS) is 16.2. The minimum absolute atomic E-state index is 0.00541. The third-order valence-corrected chi connectivity index (χ3v) is 4.16. The van der Waals surface area contributed by atoms with Crippen LogP contribution in [0.4, 0.5) is 5.69 Å². The molecule has 0 bridgehead atoms. The average molecular weight is 285 g/mol. The number of rotatable bonds is 5. The van der Waals surface area contributed by atoms with Gasteiger partial charge in [-0.1, -0.05) is 12.1 Å². The number of nitrogens with one attached hydrogen (secondary N) is 2. The molecule has 5 nitrogen and oxygen atoms in total. The number of hydrogen-bond donors (Lipinski definition) is 2. The highest BCUT2D eigenvalue weighted by molar-refractivity contribution is 5.91. The molecular formula is C16H19N3O2. The zero-order chi connectivity index (χ0) is 14.7. The Morgan fingerprint density at radius 1 is 1.33 bits per heavy atom. The molecule has 1 amide bonds. The highest BCUT2D eigenvalue weighted by Gasteiger charge is 2.38. The Hall–Kier alpha value is -2.14. The third-order valence-electron chi connectivity index (χ3n) is 4.16. The van der Waals surface area contributed by atoms with Crippen molar-refractivity contribution in [2.75, 3.05) is 12.4 Å². The second-order valence-corrected chi connectivity index (χ2v) is 5.51. The second kappa shape index (κ2) is 5.69. The number of anilines is 1. The van der Waals surface area contributed by atoms with Crippen LogP contribution in [0.2, 0.25) is 0 Å². The molecular weight excluding hydrogens is 266 g/mol. The van der Waals surface area contributed by atoms with E-state index in [0.717, 1.165) is 36.2 Å². The molecule has 0 aliphatic heterocycles. The summed E-state index contributed by atoms with van der Waals surface area (Å²) in [6.45, 7) is 0. The van der Waals surface area contributed by atoms with Gasteiger partial charge < -0.3 is 10.1 Å². The molecule has 2 aromatic rings. The molecule has 0 unspecified atom stereocenters. The first-order valence-corrected chi connectivity index (χ1v) is 7.16. The number of methoxy groups -OCH3 is 1. The Kier molecular flexibility index (Phi) is 3.75. The fourth-order valence-electron chi connectivity index (χ4n) is 2.67. The van der Waals surface area contributed by atoms with Crippen LogP contribution in [0.15, 0.2) is 36.5 Å². The predicted octanol–water partition coefficient (Wildman–Crippen LogP) is 2.97. The van der Waals surface area contributed by atoms with Crippen LogP contribution in [-0.4, -0.2) is 28.8 Å². The topological polar surface area (TPSA) is 67.0 Å². The molecule has 0 atom stereocenters. The standard InChI is InChI=1S/C16H19N3O2/c1-21-16(8-2-9-16)11-15(20)18-13-5-3-12(4-6-13)14-7-10-17-19-14/h3-7,10H,2,8-9,11H2,1H3,(H,17,19)(H,18,20). The molecule has 0 saturated heterocycles. The van der Waals surface area contributed by atoms with Crippen LogP contribution in [0, 0.1) is 0 Å². The van der Waals surface area contributed by atoms with E-state index in [0.29, 0.717) is 6.42 Å². The van der Waals surface area contributed by atoms with Gasteiger partial charge in [0.1, 0.15) is 0 Å². The Morgan fingerprint density at radius 3 is 2.62 bits per heavy atom. The van der Waals surface area contributed by atoms with Crippen LogP contribution < -0.4 is 5.32 Å².